The number of aliphatic hydroxyl groups is 1. The Kier molecular flexibility index (Phi) is 3.04. The molecule has 0 spiro atoms. The van der Waals surface area contributed by atoms with Gasteiger partial charge in [-0.05, 0) is 12.5 Å². The predicted octanol–water partition coefficient (Wildman–Crippen LogP) is 2.38. The van der Waals surface area contributed by atoms with E-state index in [2.05, 4.69) is 40.1 Å². The van der Waals surface area contributed by atoms with Crippen molar-refractivity contribution in [1.82, 2.24) is 0 Å². The topological polar surface area (TPSA) is 20.2 Å². The Morgan fingerprint density at radius 3 is 2.35 bits per heavy atom. The highest BCUT2D eigenvalue weighted by atomic mass is 16.3. The quantitative estimate of drug-likeness (QED) is 0.740. The first-order chi connectivity index (χ1) is 7.86. The van der Waals surface area contributed by atoms with E-state index in [9.17, 15) is 5.11 Å². The molecule has 1 aliphatic heterocycles. The molecular formula is C15H24NO+. The molecule has 2 rings (SSSR count). The third-order valence-electron chi connectivity index (χ3n) is 4.63. The zero-order chi connectivity index (χ0) is 12.7. The molecule has 1 aliphatic rings. The van der Waals surface area contributed by atoms with Crippen LogP contribution in [-0.4, -0.2) is 36.3 Å². The third kappa shape index (κ3) is 2.12. The SMILES string of the molecule is C[C@@H]1C[N+](C)(C)[C@H](C)C[C@]1(O)c1ccccc1. The summed E-state index contributed by atoms with van der Waals surface area (Å²) in [4.78, 5) is 0. The summed E-state index contributed by atoms with van der Waals surface area (Å²) in [6.07, 6.45) is 0.838. The van der Waals surface area contributed by atoms with Crippen LogP contribution in [0.2, 0.25) is 0 Å². The Labute approximate surface area is 104 Å². The van der Waals surface area contributed by atoms with Gasteiger partial charge in [-0.25, -0.2) is 0 Å². The molecular weight excluding hydrogens is 210 g/mol. The molecule has 1 saturated heterocycles. The van der Waals surface area contributed by atoms with Crippen LogP contribution >= 0.6 is 0 Å². The van der Waals surface area contributed by atoms with Gasteiger partial charge in [0.25, 0.3) is 0 Å². The largest absolute Gasteiger partial charge is 0.384 e. The molecule has 0 amide bonds. The van der Waals surface area contributed by atoms with Crippen molar-refractivity contribution in [1.29, 1.82) is 0 Å². The van der Waals surface area contributed by atoms with Gasteiger partial charge < -0.3 is 9.59 Å². The van der Waals surface area contributed by atoms with E-state index in [1.54, 1.807) is 0 Å². The van der Waals surface area contributed by atoms with Gasteiger partial charge in [-0.2, -0.15) is 0 Å². The van der Waals surface area contributed by atoms with Crippen molar-refractivity contribution in [2.45, 2.75) is 31.9 Å². The number of benzene rings is 1. The second-order valence-corrected chi connectivity index (χ2v) is 6.21. The van der Waals surface area contributed by atoms with Crippen LogP contribution in [0, 0.1) is 5.92 Å². The average molecular weight is 234 g/mol. The van der Waals surface area contributed by atoms with Gasteiger partial charge in [-0.1, -0.05) is 37.3 Å². The lowest BCUT2D eigenvalue weighted by Gasteiger charge is -2.50. The summed E-state index contributed by atoms with van der Waals surface area (Å²) in [5, 5.41) is 11.0. The van der Waals surface area contributed by atoms with Gasteiger partial charge in [-0.15, -0.1) is 0 Å². The first kappa shape index (κ1) is 12.6. The molecule has 1 fully saturated rings. The standard InChI is InChI=1S/C15H24NO/c1-12-11-16(3,4)13(2)10-15(12,17)14-8-6-5-7-9-14/h5-9,12-13,17H,10-11H2,1-4H3/q+1/t12-,13-,15-/m1/s1. The van der Waals surface area contributed by atoms with E-state index < -0.39 is 5.60 Å². The van der Waals surface area contributed by atoms with Gasteiger partial charge in [-0.3, -0.25) is 0 Å². The number of nitrogens with zero attached hydrogens (tertiary/aromatic N) is 1. The minimum Gasteiger partial charge on any atom is -0.384 e. The van der Waals surface area contributed by atoms with E-state index in [0.717, 1.165) is 23.0 Å². The van der Waals surface area contributed by atoms with Crippen LogP contribution in [0.25, 0.3) is 0 Å². The number of quaternary nitrogens is 1. The first-order valence-electron chi connectivity index (χ1n) is 6.47. The number of hydrogen-bond donors (Lipinski definition) is 1. The van der Waals surface area contributed by atoms with Crippen LogP contribution in [0.3, 0.4) is 0 Å². The first-order valence-corrected chi connectivity index (χ1v) is 6.47. The fourth-order valence-corrected chi connectivity index (χ4v) is 3.06. The Bertz CT molecular complexity index is 387. The predicted molar refractivity (Wildman–Crippen MR) is 70.6 cm³/mol. The van der Waals surface area contributed by atoms with Crippen LogP contribution < -0.4 is 0 Å². The van der Waals surface area contributed by atoms with Gasteiger partial charge in [0.05, 0.1) is 26.7 Å². The highest BCUT2D eigenvalue weighted by Gasteiger charge is 2.48. The Hall–Kier alpha value is -0.860. The highest BCUT2D eigenvalue weighted by Crippen LogP contribution is 2.41. The van der Waals surface area contributed by atoms with Crippen molar-refractivity contribution in [3.63, 3.8) is 0 Å². The Morgan fingerprint density at radius 2 is 1.76 bits per heavy atom. The summed E-state index contributed by atoms with van der Waals surface area (Å²) in [5.41, 5.74) is 0.410. The molecule has 1 heterocycles. The molecule has 0 aliphatic carbocycles. The molecule has 17 heavy (non-hydrogen) atoms. The molecule has 94 valence electrons. The molecule has 0 bridgehead atoms. The number of piperidine rings is 1. The van der Waals surface area contributed by atoms with Crippen molar-refractivity contribution in [3.8, 4) is 0 Å². The summed E-state index contributed by atoms with van der Waals surface area (Å²) in [6, 6.07) is 10.6. The summed E-state index contributed by atoms with van der Waals surface area (Å²) < 4.78 is 0.996. The van der Waals surface area contributed by atoms with Crippen molar-refractivity contribution < 1.29 is 9.59 Å². The van der Waals surface area contributed by atoms with Crippen LogP contribution in [0.15, 0.2) is 30.3 Å². The second kappa shape index (κ2) is 4.11. The van der Waals surface area contributed by atoms with Gasteiger partial charge in [0.2, 0.25) is 0 Å². The Balaban J connectivity index is 2.33. The lowest BCUT2D eigenvalue weighted by Crippen LogP contribution is -2.60. The van der Waals surface area contributed by atoms with Crippen LogP contribution in [0.5, 0.6) is 0 Å². The average Bonchev–Trinajstić information content (AvgIpc) is 2.27. The monoisotopic (exact) mass is 234 g/mol. The van der Waals surface area contributed by atoms with E-state index in [-0.39, 0.29) is 5.92 Å². The van der Waals surface area contributed by atoms with Crippen molar-refractivity contribution in [2.75, 3.05) is 20.6 Å². The summed E-state index contributed by atoms with van der Waals surface area (Å²) in [5.74, 6) is 0.288. The van der Waals surface area contributed by atoms with Crippen molar-refractivity contribution >= 4 is 0 Å². The molecule has 1 aromatic carbocycles. The highest BCUT2D eigenvalue weighted by molar-refractivity contribution is 5.23. The smallest absolute Gasteiger partial charge is 0.103 e. The van der Waals surface area contributed by atoms with Crippen LogP contribution in [0.4, 0.5) is 0 Å². The number of likely N-dealkylation sites (tertiary alicyclic amines) is 1. The maximum Gasteiger partial charge on any atom is 0.103 e. The molecule has 0 saturated carbocycles. The van der Waals surface area contributed by atoms with Crippen LogP contribution in [-0.2, 0) is 5.60 Å². The zero-order valence-electron chi connectivity index (χ0n) is 11.4. The molecule has 0 aromatic heterocycles. The Morgan fingerprint density at radius 1 is 1.18 bits per heavy atom. The molecule has 0 radical (unpaired) electrons. The minimum atomic E-state index is -0.658. The van der Waals surface area contributed by atoms with Gasteiger partial charge in [0.1, 0.15) is 5.60 Å². The van der Waals surface area contributed by atoms with E-state index in [0.29, 0.717) is 6.04 Å². The summed E-state index contributed by atoms with van der Waals surface area (Å²) >= 11 is 0. The van der Waals surface area contributed by atoms with Gasteiger partial charge in [0, 0.05) is 12.3 Å². The molecule has 1 aromatic rings. The van der Waals surface area contributed by atoms with E-state index >= 15 is 0 Å². The molecule has 2 heteroatoms. The summed E-state index contributed by atoms with van der Waals surface area (Å²) in [6.45, 7) is 5.42. The van der Waals surface area contributed by atoms with E-state index in [4.69, 9.17) is 0 Å². The molecule has 1 N–H and O–H groups in total. The lowest BCUT2D eigenvalue weighted by molar-refractivity contribution is -0.925. The van der Waals surface area contributed by atoms with Gasteiger partial charge in [0.15, 0.2) is 0 Å². The number of rotatable bonds is 1. The van der Waals surface area contributed by atoms with Crippen molar-refractivity contribution in [3.05, 3.63) is 35.9 Å². The third-order valence-corrected chi connectivity index (χ3v) is 4.63. The molecule has 3 atom stereocenters. The molecule has 0 unspecified atom stereocenters. The maximum atomic E-state index is 11.0. The minimum absolute atomic E-state index is 0.288. The zero-order valence-corrected chi connectivity index (χ0v) is 11.4. The normalized spacial score (nSPS) is 36.8. The van der Waals surface area contributed by atoms with Crippen LogP contribution in [0.1, 0.15) is 25.8 Å². The van der Waals surface area contributed by atoms with Gasteiger partial charge >= 0.3 is 0 Å². The van der Waals surface area contributed by atoms with Crippen molar-refractivity contribution in [2.24, 2.45) is 5.92 Å². The second-order valence-electron chi connectivity index (χ2n) is 6.21. The van der Waals surface area contributed by atoms with E-state index in [1.165, 1.54) is 0 Å². The van der Waals surface area contributed by atoms with E-state index in [1.807, 2.05) is 18.2 Å². The lowest BCUT2D eigenvalue weighted by atomic mass is 9.74. The number of hydrogen-bond acceptors (Lipinski definition) is 1. The maximum absolute atomic E-state index is 11.0. The fourth-order valence-electron chi connectivity index (χ4n) is 3.06. The fraction of sp³-hybridized carbons (Fsp3) is 0.600. The molecule has 2 nitrogen and oxygen atoms in total. The summed E-state index contributed by atoms with van der Waals surface area (Å²) in [7, 11) is 4.51.